The zero-order valence-electron chi connectivity index (χ0n) is 26.8. The Morgan fingerprint density at radius 3 is 2.37 bits per heavy atom. The molecule has 0 spiro atoms. The molecule has 46 heavy (non-hydrogen) atoms. The highest BCUT2D eigenvalue weighted by Crippen LogP contribution is 2.16. The number of anilines is 1. The molecule has 0 saturated heterocycles. The number of esters is 1. The van der Waals surface area contributed by atoms with Crippen LogP contribution in [0.5, 0.6) is 0 Å². The predicted octanol–water partition coefficient (Wildman–Crippen LogP) is 4.27. The van der Waals surface area contributed by atoms with Crippen LogP contribution >= 0.6 is 0 Å². The molecule has 0 aliphatic heterocycles. The van der Waals surface area contributed by atoms with Gasteiger partial charge in [0.05, 0.1) is 6.61 Å². The van der Waals surface area contributed by atoms with Gasteiger partial charge in [-0.1, -0.05) is 54.1 Å². The minimum Gasteiger partial charge on any atom is -0.463 e. The van der Waals surface area contributed by atoms with Gasteiger partial charge in [0.25, 0.3) is 5.56 Å². The van der Waals surface area contributed by atoms with Crippen LogP contribution in [0.4, 0.5) is 10.5 Å². The molecule has 3 amide bonds. The molecule has 3 rings (SSSR count). The molecule has 0 aliphatic rings. The molecular weight excluding hydrogens is 588 g/mol. The maximum Gasteiger partial charge on any atom is 0.408 e. The summed E-state index contributed by atoms with van der Waals surface area (Å²) in [5, 5.41) is 7.96. The highest BCUT2D eigenvalue weighted by atomic mass is 16.5. The van der Waals surface area contributed by atoms with E-state index >= 15 is 0 Å². The van der Waals surface area contributed by atoms with Crippen molar-refractivity contribution in [2.24, 2.45) is 0 Å². The summed E-state index contributed by atoms with van der Waals surface area (Å²) >= 11 is 0. The van der Waals surface area contributed by atoms with E-state index in [-0.39, 0.29) is 44.2 Å². The van der Waals surface area contributed by atoms with Crippen LogP contribution in [-0.4, -0.2) is 47.6 Å². The molecule has 1 aromatic heterocycles. The lowest BCUT2D eigenvalue weighted by atomic mass is 9.97. The molecule has 3 aromatic rings. The number of aryl methyl sites for hydroxylation is 3. The van der Waals surface area contributed by atoms with E-state index in [0.717, 1.165) is 5.56 Å². The Labute approximate surface area is 269 Å². The zero-order chi connectivity index (χ0) is 33.5. The highest BCUT2D eigenvalue weighted by molar-refractivity contribution is 5.96. The fourth-order valence-electron chi connectivity index (χ4n) is 4.93. The van der Waals surface area contributed by atoms with Crippen LogP contribution in [0.15, 0.2) is 77.7 Å². The standard InChI is InChI=1S/C35H42N4O7/c1-5-45-32(41)16-10-9-14-29(38-35(44)46-23-27-12-7-6-8-13-27)33(42)37-30-15-11-19-39(34(30)43)22-31(40)36-18-17-28-25(3)20-24(2)21-26(28)4/h6-8,10-13,15-16,19-21,29H,5,9,14,17-18,22-23H2,1-4H3,(H,36,40)(H,37,42)(H,38,44)/b16-10+. The zero-order valence-corrected chi connectivity index (χ0v) is 26.8. The Hall–Kier alpha value is -5.19. The van der Waals surface area contributed by atoms with Gasteiger partial charge < -0.3 is 30.0 Å². The number of ether oxygens (including phenoxy) is 2. The van der Waals surface area contributed by atoms with Crippen LogP contribution in [0, 0.1) is 20.8 Å². The van der Waals surface area contributed by atoms with Crippen LogP contribution in [0.2, 0.25) is 0 Å². The Morgan fingerprint density at radius 1 is 0.957 bits per heavy atom. The van der Waals surface area contributed by atoms with Gasteiger partial charge in [0.2, 0.25) is 11.8 Å². The quantitative estimate of drug-likeness (QED) is 0.168. The van der Waals surface area contributed by atoms with E-state index < -0.39 is 29.6 Å². The largest absolute Gasteiger partial charge is 0.463 e. The number of hydrogen-bond donors (Lipinski definition) is 3. The molecule has 244 valence electrons. The van der Waals surface area contributed by atoms with Crippen LogP contribution in [0.25, 0.3) is 0 Å². The Bertz CT molecular complexity index is 1570. The van der Waals surface area contributed by atoms with Crippen LogP contribution in [0.1, 0.15) is 47.6 Å². The van der Waals surface area contributed by atoms with Gasteiger partial charge in [-0.15, -0.1) is 0 Å². The maximum absolute atomic E-state index is 13.3. The summed E-state index contributed by atoms with van der Waals surface area (Å²) < 4.78 is 11.3. The Balaban J connectivity index is 1.62. The summed E-state index contributed by atoms with van der Waals surface area (Å²) in [5.41, 5.74) is 4.82. The lowest BCUT2D eigenvalue weighted by Gasteiger charge is -2.18. The second-order valence-corrected chi connectivity index (χ2v) is 10.8. The van der Waals surface area contributed by atoms with Crippen LogP contribution < -0.4 is 21.5 Å². The average Bonchev–Trinajstić information content (AvgIpc) is 3.01. The van der Waals surface area contributed by atoms with Gasteiger partial charge in [0, 0.05) is 18.8 Å². The molecule has 11 heteroatoms. The van der Waals surface area contributed by atoms with Crippen LogP contribution in [-0.2, 0) is 43.4 Å². The molecule has 2 aromatic carbocycles. The molecule has 1 atom stereocenters. The minimum absolute atomic E-state index is 0.000531. The summed E-state index contributed by atoms with van der Waals surface area (Å²) in [6.45, 7) is 8.23. The molecule has 0 bridgehead atoms. The molecule has 1 unspecified atom stereocenters. The minimum atomic E-state index is -1.10. The van der Waals surface area contributed by atoms with Gasteiger partial charge in [-0.2, -0.15) is 0 Å². The first kappa shape index (κ1) is 35.3. The first-order chi connectivity index (χ1) is 22.1. The van der Waals surface area contributed by atoms with Crippen molar-refractivity contribution in [1.82, 2.24) is 15.2 Å². The van der Waals surface area contributed by atoms with E-state index in [2.05, 4.69) is 28.1 Å². The number of rotatable bonds is 15. The molecule has 3 N–H and O–H groups in total. The van der Waals surface area contributed by atoms with Crippen molar-refractivity contribution in [3.63, 3.8) is 0 Å². The molecule has 11 nitrogen and oxygen atoms in total. The van der Waals surface area contributed by atoms with Crippen molar-refractivity contribution in [2.45, 2.75) is 66.2 Å². The molecule has 0 saturated carbocycles. The number of hydrogen-bond acceptors (Lipinski definition) is 7. The fourth-order valence-corrected chi connectivity index (χ4v) is 4.93. The Kier molecular flexibility index (Phi) is 13.8. The monoisotopic (exact) mass is 630 g/mol. The van der Waals surface area contributed by atoms with E-state index in [4.69, 9.17) is 9.47 Å². The molecule has 1 heterocycles. The fraction of sp³-hybridized carbons (Fsp3) is 0.343. The van der Waals surface area contributed by atoms with Crippen molar-refractivity contribution >= 4 is 29.6 Å². The second-order valence-electron chi connectivity index (χ2n) is 10.8. The normalized spacial score (nSPS) is 11.5. The van der Waals surface area contributed by atoms with E-state index in [1.807, 2.05) is 39.0 Å². The summed E-state index contributed by atoms with van der Waals surface area (Å²) in [6.07, 6.45) is 4.43. The molecule has 0 radical (unpaired) electrons. The van der Waals surface area contributed by atoms with Crippen molar-refractivity contribution in [3.05, 3.63) is 111 Å². The number of alkyl carbamates (subject to hydrolysis) is 1. The first-order valence-corrected chi connectivity index (χ1v) is 15.2. The van der Waals surface area contributed by atoms with Gasteiger partial charge in [-0.3, -0.25) is 14.4 Å². The first-order valence-electron chi connectivity index (χ1n) is 15.2. The van der Waals surface area contributed by atoms with Crippen LogP contribution in [0.3, 0.4) is 0 Å². The Morgan fingerprint density at radius 2 is 1.67 bits per heavy atom. The van der Waals surface area contributed by atoms with E-state index in [1.54, 1.807) is 25.1 Å². The number of nitrogens with one attached hydrogen (secondary N) is 3. The third-order valence-corrected chi connectivity index (χ3v) is 7.11. The number of nitrogens with zero attached hydrogens (tertiary/aromatic N) is 1. The number of carbonyl (C=O) groups excluding carboxylic acids is 4. The second kappa shape index (κ2) is 17.9. The third-order valence-electron chi connectivity index (χ3n) is 7.11. The van der Waals surface area contributed by atoms with Crippen molar-refractivity contribution < 1.29 is 28.7 Å². The lowest BCUT2D eigenvalue weighted by Crippen LogP contribution is -2.45. The average molecular weight is 631 g/mol. The molecular formula is C35H42N4O7. The number of amides is 3. The smallest absolute Gasteiger partial charge is 0.408 e. The number of carbonyl (C=O) groups is 4. The van der Waals surface area contributed by atoms with E-state index in [1.165, 1.54) is 51.2 Å². The summed E-state index contributed by atoms with van der Waals surface area (Å²) in [5.74, 6) is -1.53. The summed E-state index contributed by atoms with van der Waals surface area (Å²) in [6, 6.07) is 15.1. The maximum atomic E-state index is 13.3. The summed E-state index contributed by atoms with van der Waals surface area (Å²) in [7, 11) is 0. The van der Waals surface area contributed by atoms with Gasteiger partial charge >= 0.3 is 12.1 Å². The lowest BCUT2D eigenvalue weighted by molar-refractivity contribution is -0.137. The van der Waals surface area contributed by atoms with Gasteiger partial charge in [-0.25, -0.2) is 9.59 Å². The van der Waals surface area contributed by atoms with Crippen molar-refractivity contribution in [1.29, 1.82) is 0 Å². The highest BCUT2D eigenvalue weighted by Gasteiger charge is 2.22. The van der Waals surface area contributed by atoms with Gasteiger partial charge in [0.1, 0.15) is 24.9 Å². The van der Waals surface area contributed by atoms with Crippen molar-refractivity contribution in [3.8, 4) is 0 Å². The number of allylic oxidation sites excluding steroid dienone is 1. The predicted molar refractivity (Wildman–Crippen MR) is 175 cm³/mol. The van der Waals surface area contributed by atoms with Crippen molar-refractivity contribution in [2.75, 3.05) is 18.5 Å². The number of pyridine rings is 1. The number of aromatic nitrogens is 1. The third kappa shape index (κ3) is 11.4. The summed E-state index contributed by atoms with van der Waals surface area (Å²) in [4.78, 5) is 63.3. The number of benzene rings is 2. The van der Waals surface area contributed by atoms with Gasteiger partial charge in [-0.05, 0) is 81.3 Å². The van der Waals surface area contributed by atoms with E-state index in [9.17, 15) is 24.0 Å². The van der Waals surface area contributed by atoms with E-state index in [0.29, 0.717) is 13.0 Å². The van der Waals surface area contributed by atoms with Gasteiger partial charge in [0.15, 0.2) is 0 Å². The molecule has 0 fully saturated rings. The SMILES string of the molecule is CCOC(=O)/C=C/CCC(NC(=O)OCc1ccccc1)C(=O)Nc1cccn(CC(=O)NCCc2c(C)cc(C)cc2C)c1=O. The molecule has 0 aliphatic carbocycles. The topological polar surface area (TPSA) is 145 Å².